The highest BCUT2D eigenvalue weighted by molar-refractivity contribution is 5.74. The molecule has 0 spiro atoms. The molecular formula is C13H18N2O2. The molecule has 4 heteroatoms. The number of nitrogens with zero attached hydrogens (tertiary/aromatic N) is 1. The molecule has 0 aliphatic heterocycles. The summed E-state index contributed by atoms with van der Waals surface area (Å²) in [4.78, 5) is 4.43. The van der Waals surface area contributed by atoms with Gasteiger partial charge >= 0.3 is 0 Å². The molecule has 1 heterocycles. The molecule has 17 heavy (non-hydrogen) atoms. The van der Waals surface area contributed by atoms with Gasteiger partial charge in [0.15, 0.2) is 11.5 Å². The Morgan fingerprint density at radius 1 is 1.47 bits per heavy atom. The second-order valence-electron chi connectivity index (χ2n) is 4.31. The van der Waals surface area contributed by atoms with Crippen LogP contribution in [0.4, 0.5) is 0 Å². The Bertz CT molecular complexity index is 491. The van der Waals surface area contributed by atoms with Crippen molar-refractivity contribution in [3.8, 4) is 5.75 Å². The number of benzene rings is 1. The van der Waals surface area contributed by atoms with Crippen LogP contribution in [0, 0.1) is 0 Å². The number of fused-ring (bicyclic) bond motifs is 1. The van der Waals surface area contributed by atoms with Crippen LogP contribution in [0.25, 0.3) is 11.1 Å². The number of oxazole rings is 1. The lowest BCUT2D eigenvalue weighted by Gasteiger charge is -2.01. The minimum absolute atomic E-state index is 0.236. The summed E-state index contributed by atoms with van der Waals surface area (Å²) in [6.07, 6.45) is 2.82. The van der Waals surface area contributed by atoms with E-state index in [1.165, 1.54) is 0 Å². The molecule has 4 nitrogen and oxygen atoms in total. The molecule has 2 N–H and O–H groups in total. The zero-order chi connectivity index (χ0) is 12.3. The maximum absolute atomic E-state index is 5.70. The largest absolute Gasteiger partial charge is 0.497 e. The number of methoxy groups -OCH3 is 1. The van der Waals surface area contributed by atoms with Gasteiger partial charge in [0.05, 0.1) is 7.11 Å². The van der Waals surface area contributed by atoms with E-state index in [-0.39, 0.29) is 6.04 Å². The first-order valence-corrected chi connectivity index (χ1v) is 5.88. The van der Waals surface area contributed by atoms with Crippen LogP contribution in [-0.4, -0.2) is 18.1 Å². The highest BCUT2D eigenvalue weighted by atomic mass is 16.5. The second-order valence-corrected chi connectivity index (χ2v) is 4.31. The van der Waals surface area contributed by atoms with Crippen molar-refractivity contribution in [1.82, 2.24) is 4.98 Å². The lowest BCUT2D eigenvalue weighted by molar-refractivity contribution is 0.415. The predicted molar refractivity (Wildman–Crippen MR) is 67.1 cm³/mol. The van der Waals surface area contributed by atoms with Crippen LogP contribution in [0.3, 0.4) is 0 Å². The van der Waals surface area contributed by atoms with Crippen LogP contribution in [0.1, 0.15) is 25.7 Å². The summed E-state index contributed by atoms with van der Waals surface area (Å²) in [6, 6.07) is 5.88. The fourth-order valence-corrected chi connectivity index (χ4v) is 1.76. The van der Waals surface area contributed by atoms with Crippen LogP contribution in [0.5, 0.6) is 5.75 Å². The van der Waals surface area contributed by atoms with Crippen LogP contribution in [0.15, 0.2) is 22.6 Å². The third-order valence-corrected chi connectivity index (χ3v) is 2.69. The van der Waals surface area contributed by atoms with Crippen molar-refractivity contribution in [2.24, 2.45) is 5.73 Å². The van der Waals surface area contributed by atoms with E-state index < -0.39 is 0 Å². The summed E-state index contributed by atoms with van der Waals surface area (Å²) >= 11 is 0. The minimum atomic E-state index is 0.236. The molecule has 1 atom stereocenters. The normalized spacial score (nSPS) is 12.9. The molecule has 2 aromatic rings. The summed E-state index contributed by atoms with van der Waals surface area (Å²) < 4.78 is 10.8. The zero-order valence-corrected chi connectivity index (χ0v) is 10.3. The third-order valence-electron chi connectivity index (χ3n) is 2.69. The van der Waals surface area contributed by atoms with Gasteiger partial charge in [-0.1, -0.05) is 0 Å². The van der Waals surface area contributed by atoms with Gasteiger partial charge in [0.2, 0.25) is 0 Å². The first-order chi connectivity index (χ1) is 8.19. The van der Waals surface area contributed by atoms with Gasteiger partial charge in [-0.15, -0.1) is 0 Å². The number of hydrogen-bond donors (Lipinski definition) is 1. The van der Waals surface area contributed by atoms with E-state index in [9.17, 15) is 0 Å². The fourth-order valence-electron chi connectivity index (χ4n) is 1.76. The van der Waals surface area contributed by atoms with Gasteiger partial charge in [0.1, 0.15) is 11.3 Å². The van der Waals surface area contributed by atoms with Crippen molar-refractivity contribution < 1.29 is 9.15 Å². The van der Waals surface area contributed by atoms with Crippen LogP contribution in [0.2, 0.25) is 0 Å². The molecule has 1 aromatic heterocycles. The molecule has 1 aromatic carbocycles. The summed E-state index contributed by atoms with van der Waals surface area (Å²) in [6.45, 7) is 2.01. The quantitative estimate of drug-likeness (QED) is 0.863. The lowest BCUT2D eigenvalue weighted by Crippen LogP contribution is -2.14. The number of rotatable bonds is 5. The summed E-state index contributed by atoms with van der Waals surface area (Å²) in [5.74, 6) is 1.57. The standard InChI is InChI=1S/C13H18N2O2/c1-9(14)4-3-5-13-15-11-8-10(16-2)6-7-12(11)17-13/h6-9H,3-5,14H2,1-2H3. The van der Waals surface area contributed by atoms with Crippen LogP contribution >= 0.6 is 0 Å². The molecule has 0 bridgehead atoms. The van der Waals surface area contributed by atoms with E-state index in [1.54, 1.807) is 7.11 Å². The Kier molecular flexibility index (Phi) is 3.64. The highest BCUT2D eigenvalue weighted by Gasteiger charge is 2.07. The van der Waals surface area contributed by atoms with E-state index in [0.29, 0.717) is 0 Å². The molecule has 2 rings (SSSR count). The average molecular weight is 234 g/mol. The summed E-state index contributed by atoms with van der Waals surface area (Å²) in [5, 5.41) is 0. The number of hydrogen-bond acceptors (Lipinski definition) is 4. The van der Waals surface area contributed by atoms with Gasteiger partial charge in [-0.25, -0.2) is 4.98 Å². The Labute approximate surface area is 101 Å². The molecule has 0 amide bonds. The van der Waals surface area contributed by atoms with Crippen molar-refractivity contribution in [3.05, 3.63) is 24.1 Å². The molecule has 0 fully saturated rings. The fraction of sp³-hybridized carbons (Fsp3) is 0.462. The lowest BCUT2D eigenvalue weighted by atomic mass is 10.1. The van der Waals surface area contributed by atoms with E-state index in [4.69, 9.17) is 14.9 Å². The highest BCUT2D eigenvalue weighted by Crippen LogP contribution is 2.21. The second kappa shape index (κ2) is 5.19. The van der Waals surface area contributed by atoms with Crippen molar-refractivity contribution >= 4 is 11.1 Å². The first kappa shape index (κ1) is 11.9. The SMILES string of the molecule is COc1ccc2oc(CCCC(C)N)nc2c1. The van der Waals surface area contributed by atoms with Crippen molar-refractivity contribution in [2.75, 3.05) is 7.11 Å². The van der Waals surface area contributed by atoms with Crippen molar-refractivity contribution in [2.45, 2.75) is 32.2 Å². The summed E-state index contributed by atoms with van der Waals surface area (Å²) in [5.41, 5.74) is 7.36. The van der Waals surface area contributed by atoms with Crippen molar-refractivity contribution in [3.63, 3.8) is 0 Å². The maximum Gasteiger partial charge on any atom is 0.195 e. The van der Waals surface area contributed by atoms with Gasteiger partial charge in [0.25, 0.3) is 0 Å². The monoisotopic (exact) mass is 234 g/mol. The van der Waals surface area contributed by atoms with Gasteiger partial charge in [-0.3, -0.25) is 0 Å². The molecular weight excluding hydrogens is 216 g/mol. The predicted octanol–water partition coefficient (Wildman–Crippen LogP) is 2.51. The first-order valence-electron chi connectivity index (χ1n) is 5.88. The van der Waals surface area contributed by atoms with Gasteiger partial charge < -0.3 is 14.9 Å². The van der Waals surface area contributed by atoms with E-state index in [1.807, 2.05) is 25.1 Å². The van der Waals surface area contributed by atoms with E-state index in [2.05, 4.69) is 4.98 Å². The number of ether oxygens (including phenoxy) is 1. The van der Waals surface area contributed by atoms with Gasteiger partial charge in [-0.05, 0) is 31.9 Å². The Morgan fingerprint density at radius 2 is 2.29 bits per heavy atom. The molecule has 1 unspecified atom stereocenters. The Balaban J connectivity index is 2.09. The molecule has 92 valence electrons. The maximum atomic E-state index is 5.70. The Hall–Kier alpha value is -1.55. The Morgan fingerprint density at radius 3 is 3.00 bits per heavy atom. The molecule has 0 saturated carbocycles. The van der Waals surface area contributed by atoms with Gasteiger partial charge in [-0.2, -0.15) is 0 Å². The number of aromatic nitrogens is 1. The molecule has 0 aliphatic rings. The van der Waals surface area contributed by atoms with E-state index >= 15 is 0 Å². The smallest absolute Gasteiger partial charge is 0.195 e. The van der Waals surface area contributed by atoms with E-state index in [0.717, 1.165) is 42.0 Å². The minimum Gasteiger partial charge on any atom is -0.497 e. The van der Waals surface area contributed by atoms with Gasteiger partial charge in [0, 0.05) is 18.5 Å². The summed E-state index contributed by atoms with van der Waals surface area (Å²) in [7, 11) is 1.64. The number of aryl methyl sites for hydroxylation is 1. The van der Waals surface area contributed by atoms with Crippen LogP contribution in [-0.2, 0) is 6.42 Å². The number of nitrogens with two attached hydrogens (primary N) is 1. The van der Waals surface area contributed by atoms with Crippen molar-refractivity contribution in [1.29, 1.82) is 0 Å². The third kappa shape index (κ3) is 2.97. The average Bonchev–Trinajstić information content (AvgIpc) is 2.69. The zero-order valence-electron chi connectivity index (χ0n) is 10.3. The molecule has 0 radical (unpaired) electrons. The topological polar surface area (TPSA) is 61.3 Å². The molecule has 0 saturated heterocycles. The van der Waals surface area contributed by atoms with Crippen LogP contribution < -0.4 is 10.5 Å². The molecule has 0 aliphatic carbocycles.